The average molecular weight is 186 g/mol. The van der Waals surface area contributed by atoms with E-state index in [1.54, 1.807) is 0 Å². The Morgan fingerprint density at radius 3 is 1.77 bits per heavy atom. The molecule has 0 spiro atoms. The molecule has 0 aliphatic heterocycles. The molecule has 0 saturated heterocycles. The van der Waals surface area contributed by atoms with Gasteiger partial charge in [0, 0.05) is 6.61 Å². The lowest BCUT2D eigenvalue weighted by Gasteiger charge is -2.19. The van der Waals surface area contributed by atoms with Gasteiger partial charge in [-0.3, -0.25) is 0 Å². The van der Waals surface area contributed by atoms with Crippen molar-refractivity contribution < 1.29 is 4.74 Å². The van der Waals surface area contributed by atoms with Crippen molar-refractivity contribution in [2.75, 3.05) is 6.61 Å². The molecule has 2 atom stereocenters. The van der Waals surface area contributed by atoms with Gasteiger partial charge in [-0.05, 0) is 31.1 Å². The Labute approximate surface area is 83.9 Å². The van der Waals surface area contributed by atoms with E-state index in [9.17, 15) is 0 Å². The normalized spacial score (nSPS) is 16.6. The monoisotopic (exact) mass is 186 g/mol. The second-order valence-electron chi connectivity index (χ2n) is 4.83. The summed E-state index contributed by atoms with van der Waals surface area (Å²) in [6.07, 6.45) is 1.59. The van der Waals surface area contributed by atoms with Gasteiger partial charge in [-0.15, -0.1) is 0 Å². The summed E-state index contributed by atoms with van der Waals surface area (Å²) in [4.78, 5) is 0. The van der Waals surface area contributed by atoms with Crippen molar-refractivity contribution in [2.45, 2.75) is 54.1 Å². The van der Waals surface area contributed by atoms with E-state index in [0.29, 0.717) is 12.0 Å². The molecule has 0 radical (unpaired) electrons. The summed E-state index contributed by atoms with van der Waals surface area (Å²) < 4.78 is 5.72. The van der Waals surface area contributed by atoms with Gasteiger partial charge >= 0.3 is 0 Å². The van der Waals surface area contributed by atoms with Gasteiger partial charge in [-0.2, -0.15) is 0 Å². The Hall–Kier alpha value is -0.0400. The van der Waals surface area contributed by atoms with Gasteiger partial charge in [0.25, 0.3) is 0 Å². The second kappa shape index (κ2) is 6.42. The van der Waals surface area contributed by atoms with Crippen molar-refractivity contribution >= 4 is 0 Å². The van der Waals surface area contributed by atoms with Gasteiger partial charge in [-0.1, -0.05) is 34.6 Å². The largest absolute Gasteiger partial charge is 0.378 e. The molecule has 0 rings (SSSR count). The summed E-state index contributed by atoms with van der Waals surface area (Å²) in [7, 11) is 0. The molecule has 1 nitrogen and oxygen atoms in total. The van der Waals surface area contributed by atoms with Gasteiger partial charge in [-0.25, -0.2) is 0 Å². The highest BCUT2D eigenvalue weighted by Gasteiger charge is 2.10. The summed E-state index contributed by atoms with van der Waals surface area (Å²) in [5.41, 5.74) is 0. The number of ether oxygens (including phenoxy) is 1. The van der Waals surface area contributed by atoms with Crippen LogP contribution in [0.1, 0.15) is 48.0 Å². The third kappa shape index (κ3) is 6.09. The first kappa shape index (κ1) is 13.0. The fraction of sp³-hybridized carbons (Fsp3) is 1.00. The third-order valence-electron chi connectivity index (χ3n) is 3.03. The summed E-state index contributed by atoms with van der Waals surface area (Å²) >= 11 is 0. The Kier molecular flexibility index (Phi) is 6.40. The minimum atomic E-state index is 0.402. The zero-order valence-electron chi connectivity index (χ0n) is 10.1. The molecule has 0 amide bonds. The Morgan fingerprint density at radius 2 is 1.38 bits per heavy atom. The zero-order valence-corrected chi connectivity index (χ0v) is 10.1. The molecule has 0 aromatic heterocycles. The van der Waals surface area contributed by atoms with Crippen molar-refractivity contribution in [3.63, 3.8) is 0 Å². The molecule has 0 N–H and O–H groups in total. The van der Waals surface area contributed by atoms with Gasteiger partial charge in [0.15, 0.2) is 0 Å². The predicted molar refractivity (Wildman–Crippen MR) is 58.9 cm³/mol. The first-order valence-corrected chi connectivity index (χ1v) is 5.56. The van der Waals surface area contributed by atoms with E-state index in [-0.39, 0.29) is 0 Å². The Balaban J connectivity index is 3.45. The Morgan fingerprint density at radius 1 is 0.846 bits per heavy atom. The summed E-state index contributed by atoms with van der Waals surface area (Å²) in [5, 5.41) is 0. The van der Waals surface area contributed by atoms with Crippen molar-refractivity contribution in [3.8, 4) is 0 Å². The van der Waals surface area contributed by atoms with Crippen LogP contribution in [0.3, 0.4) is 0 Å². The maximum atomic E-state index is 5.72. The third-order valence-corrected chi connectivity index (χ3v) is 3.03. The summed E-state index contributed by atoms with van der Waals surface area (Å²) in [5.74, 6) is 2.19. The number of hydrogen-bond acceptors (Lipinski definition) is 1. The van der Waals surface area contributed by atoms with Crippen molar-refractivity contribution in [1.29, 1.82) is 0 Å². The maximum Gasteiger partial charge on any atom is 0.0569 e. The van der Waals surface area contributed by atoms with Gasteiger partial charge < -0.3 is 4.74 Å². The summed E-state index contributed by atoms with van der Waals surface area (Å²) in [6, 6.07) is 0. The van der Waals surface area contributed by atoms with E-state index in [1.165, 1.54) is 6.42 Å². The molecule has 13 heavy (non-hydrogen) atoms. The van der Waals surface area contributed by atoms with Crippen LogP contribution in [0.25, 0.3) is 0 Å². The van der Waals surface area contributed by atoms with Crippen LogP contribution < -0.4 is 0 Å². The van der Waals surface area contributed by atoms with E-state index in [2.05, 4.69) is 41.5 Å². The molecule has 0 aromatic carbocycles. The molecular formula is C12H26O. The standard InChI is InChI=1S/C12H26O/c1-9(2)11(5)7-8-13-12(6)10(3)4/h9-12H,7-8H2,1-6H3/t11-,12+/m0/s1. The van der Waals surface area contributed by atoms with Crippen LogP contribution in [0.5, 0.6) is 0 Å². The van der Waals surface area contributed by atoms with Crippen LogP contribution in [0, 0.1) is 17.8 Å². The Bertz CT molecular complexity index is 104. The van der Waals surface area contributed by atoms with E-state index < -0.39 is 0 Å². The fourth-order valence-corrected chi connectivity index (χ4v) is 0.966. The highest BCUT2D eigenvalue weighted by molar-refractivity contribution is 4.59. The van der Waals surface area contributed by atoms with Crippen LogP contribution in [0.4, 0.5) is 0 Å². The molecule has 0 bridgehead atoms. The second-order valence-corrected chi connectivity index (χ2v) is 4.83. The zero-order chi connectivity index (χ0) is 10.4. The van der Waals surface area contributed by atoms with E-state index >= 15 is 0 Å². The molecule has 1 heteroatoms. The lowest BCUT2D eigenvalue weighted by atomic mass is 9.95. The lowest BCUT2D eigenvalue weighted by molar-refractivity contribution is 0.0262. The minimum Gasteiger partial charge on any atom is -0.378 e. The topological polar surface area (TPSA) is 9.23 Å². The van der Waals surface area contributed by atoms with Crippen LogP contribution in [0.15, 0.2) is 0 Å². The molecular weight excluding hydrogens is 160 g/mol. The molecule has 0 aliphatic carbocycles. The predicted octanol–water partition coefficient (Wildman–Crippen LogP) is 3.73. The molecule has 0 saturated carbocycles. The van der Waals surface area contributed by atoms with Crippen LogP contribution >= 0.6 is 0 Å². The van der Waals surface area contributed by atoms with Crippen LogP contribution in [0.2, 0.25) is 0 Å². The fourth-order valence-electron chi connectivity index (χ4n) is 0.966. The van der Waals surface area contributed by atoms with Crippen LogP contribution in [-0.2, 0) is 4.74 Å². The lowest BCUT2D eigenvalue weighted by Crippen LogP contribution is -2.18. The maximum absolute atomic E-state index is 5.72. The smallest absolute Gasteiger partial charge is 0.0569 e. The van der Waals surface area contributed by atoms with E-state index in [0.717, 1.165) is 18.4 Å². The molecule has 0 fully saturated rings. The SMILES string of the molecule is CC(C)[C@@H](C)CCO[C@H](C)C(C)C. The van der Waals surface area contributed by atoms with Crippen molar-refractivity contribution in [3.05, 3.63) is 0 Å². The first-order chi connectivity index (χ1) is 5.95. The van der Waals surface area contributed by atoms with Crippen LogP contribution in [-0.4, -0.2) is 12.7 Å². The highest BCUT2D eigenvalue weighted by Crippen LogP contribution is 2.15. The highest BCUT2D eigenvalue weighted by atomic mass is 16.5. The van der Waals surface area contributed by atoms with Gasteiger partial charge in [0.05, 0.1) is 6.10 Å². The number of hydrogen-bond donors (Lipinski definition) is 0. The average Bonchev–Trinajstić information content (AvgIpc) is 2.03. The van der Waals surface area contributed by atoms with Gasteiger partial charge in [0.1, 0.15) is 0 Å². The summed E-state index contributed by atoms with van der Waals surface area (Å²) in [6.45, 7) is 14.3. The molecule has 0 aromatic rings. The molecule has 0 unspecified atom stereocenters. The number of rotatable bonds is 6. The molecule has 0 aliphatic rings. The van der Waals surface area contributed by atoms with E-state index in [4.69, 9.17) is 4.74 Å². The molecule has 0 heterocycles. The van der Waals surface area contributed by atoms with Crippen molar-refractivity contribution in [2.24, 2.45) is 17.8 Å². The molecule has 80 valence electrons. The van der Waals surface area contributed by atoms with E-state index in [1.807, 2.05) is 0 Å². The first-order valence-electron chi connectivity index (χ1n) is 5.56. The minimum absolute atomic E-state index is 0.402. The quantitative estimate of drug-likeness (QED) is 0.614. The van der Waals surface area contributed by atoms with Gasteiger partial charge in [0.2, 0.25) is 0 Å². The van der Waals surface area contributed by atoms with Crippen molar-refractivity contribution in [1.82, 2.24) is 0 Å².